The maximum atomic E-state index is 11.1. The van der Waals surface area contributed by atoms with Crippen molar-refractivity contribution in [2.75, 3.05) is 30.9 Å². The fourth-order valence-corrected chi connectivity index (χ4v) is 1.73. The highest BCUT2D eigenvalue weighted by atomic mass is 16.5. The number of amides is 1. The number of hydrogen-bond acceptors (Lipinski definition) is 4. The molecule has 1 atom stereocenters. The first-order valence-electron chi connectivity index (χ1n) is 6.74. The topological polar surface area (TPSA) is 70.6 Å². The van der Waals surface area contributed by atoms with Crippen LogP contribution < -0.4 is 15.4 Å². The zero-order chi connectivity index (χ0) is 15.2. The second-order valence-electron chi connectivity index (χ2n) is 5.27. The van der Waals surface area contributed by atoms with Crippen LogP contribution in [-0.2, 0) is 4.79 Å². The maximum absolute atomic E-state index is 11.1. The van der Waals surface area contributed by atoms with Gasteiger partial charge in [-0.15, -0.1) is 0 Å². The van der Waals surface area contributed by atoms with Crippen LogP contribution >= 0.6 is 0 Å². The van der Waals surface area contributed by atoms with Crippen molar-refractivity contribution in [1.82, 2.24) is 0 Å². The summed E-state index contributed by atoms with van der Waals surface area (Å²) in [7, 11) is 1.60. The van der Waals surface area contributed by atoms with Crippen LogP contribution in [0.2, 0.25) is 0 Å². The molecular formula is C15H24N2O3. The quantitative estimate of drug-likeness (QED) is 0.717. The number of carbonyl (C=O) groups excluding carboxylic acids is 1. The van der Waals surface area contributed by atoms with Crippen molar-refractivity contribution in [1.29, 1.82) is 0 Å². The predicted octanol–water partition coefficient (Wildman–Crippen LogP) is 2.47. The Morgan fingerprint density at radius 3 is 2.65 bits per heavy atom. The Morgan fingerprint density at radius 1 is 1.45 bits per heavy atom. The zero-order valence-corrected chi connectivity index (χ0v) is 12.6. The van der Waals surface area contributed by atoms with Gasteiger partial charge in [0, 0.05) is 24.6 Å². The molecule has 0 aliphatic carbocycles. The lowest BCUT2D eigenvalue weighted by Gasteiger charge is -2.27. The Kier molecular flexibility index (Phi) is 5.82. The third-order valence-corrected chi connectivity index (χ3v) is 3.46. The zero-order valence-electron chi connectivity index (χ0n) is 12.6. The van der Waals surface area contributed by atoms with Gasteiger partial charge in [0.1, 0.15) is 5.75 Å². The number of aliphatic hydroxyl groups excluding tert-OH is 1. The molecule has 1 rings (SSSR count). The Bertz CT molecular complexity index is 456. The third kappa shape index (κ3) is 4.42. The number of ether oxygens (including phenoxy) is 1. The molecule has 0 spiro atoms. The van der Waals surface area contributed by atoms with Gasteiger partial charge in [0.05, 0.1) is 19.4 Å². The standard InChI is InChI=1S/C15H24N2O3/c1-5-15(3,10-18)9-16-13-8-12(17-11(2)19)6-7-14(13)20-4/h6-8,16,18H,5,9-10H2,1-4H3,(H,17,19). The molecule has 0 bridgehead atoms. The smallest absolute Gasteiger partial charge is 0.221 e. The van der Waals surface area contributed by atoms with Crippen molar-refractivity contribution in [3.8, 4) is 5.75 Å². The van der Waals surface area contributed by atoms with E-state index >= 15 is 0 Å². The fourth-order valence-electron chi connectivity index (χ4n) is 1.73. The van der Waals surface area contributed by atoms with E-state index in [1.807, 2.05) is 19.9 Å². The largest absolute Gasteiger partial charge is 0.495 e. The predicted molar refractivity (Wildman–Crippen MR) is 81.3 cm³/mol. The molecular weight excluding hydrogens is 256 g/mol. The van der Waals surface area contributed by atoms with Gasteiger partial charge in [0.2, 0.25) is 5.91 Å². The van der Waals surface area contributed by atoms with Crippen LogP contribution in [0.3, 0.4) is 0 Å². The van der Waals surface area contributed by atoms with Gasteiger partial charge in [-0.05, 0) is 24.6 Å². The van der Waals surface area contributed by atoms with E-state index in [0.29, 0.717) is 18.0 Å². The van der Waals surface area contributed by atoms with Gasteiger partial charge >= 0.3 is 0 Å². The monoisotopic (exact) mass is 280 g/mol. The molecule has 5 heteroatoms. The summed E-state index contributed by atoms with van der Waals surface area (Å²) in [5, 5.41) is 15.5. The van der Waals surface area contributed by atoms with Crippen LogP contribution in [0, 0.1) is 5.41 Å². The molecule has 0 saturated carbocycles. The maximum Gasteiger partial charge on any atom is 0.221 e. The molecule has 0 aliphatic heterocycles. The lowest BCUT2D eigenvalue weighted by molar-refractivity contribution is -0.114. The molecule has 0 heterocycles. The molecule has 0 radical (unpaired) electrons. The number of aliphatic hydroxyl groups is 1. The minimum Gasteiger partial charge on any atom is -0.495 e. The molecule has 1 aromatic rings. The van der Waals surface area contributed by atoms with Crippen molar-refractivity contribution in [2.24, 2.45) is 5.41 Å². The summed E-state index contributed by atoms with van der Waals surface area (Å²) in [6.45, 7) is 6.27. The third-order valence-electron chi connectivity index (χ3n) is 3.46. The minimum atomic E-state index is -0.185. The lowest BCUT2D eigenvalue weighted by Crippen LogP contribution is -2.29. The average Bonchev–Trinajstić information content (AvgIpc) is 2.44. The Hall–Kier alpha value is -1.75. The van der Waals surface area contributed by atoms with Gasteiger partial charge in [-0.1, -0.05) is 13.8 Å². The summed E-state index contributed by atoms with van der Waals surface area (Å²) in [4.78, 5) is 11.1. The first kappa shape index (κ1) is 16.3. The Morgan fingerprint density at radius 2 is 2.15 bits per heavy atom. The van der Waals surface area contributed by atoms with Crippen molar-refractivity contribution in [3.63, 3.8) is 0 Å². The van der Waals surface area contributed by atoms with Crippen molar-refractivity contribution < 1.29 is 14.6 Å². The van der Waals surface area contributed by atoms with E-state index in [1.54, 1.807) is 19.2 Å². The minimum absolute atomic E-state index is 0.115. The summed E-state index contributed by atoms with van der Waals surface area (Å²) in [5.41, 5.74) is 1.32. The van der Waals surface area contributed by atoms with E-state index in [1.165, 1.54) is 6.92 Å². The molecule has 1 unspecified atom stereocenters. The van der Waals surface area contributed by atoms with Crippen LogP contribution in [-0.4, -0.2) is 31.3 Å². The number of rotatable bonds is 7. The van der Waals surface area contributed by atoms with E-state index in [0.717, 1.165) is 12.1 Å². The van der Waals surface area contributed by atoms with Crippen LogP contribution in [0.25, 0.3) is 0 Å². The molecule has 20 heavy (non-hydrogen) atoms. The molecule has 0 aliphatic rings. The first-order valence-corrected chi connectivity index (χ1v) is 6.74. The van der Waals surface area contributed by atoms with Crippen LogP contribution in [0.1, 0.15) is 27.2 Å². The average molecular weight is 280 g/mol. The molecule has 0 fully saturated rings. The lowest BCUT2D eigenvalue weighted by atomic mass is 9.88. The van der Waals surface area contributed by atoms with Gasteiger partial charge in [-0.3, -0.25) is 4.79 Å². The van der Waals surface area contributed by atoms with Crippen molar-refractivity contribution >= 4 is 17.3 Å². The number of methoxy groups -OCH3 is 1. The SMILES string of the molecule is CCC(C)(CO)CNc1cc(NC(C)=O)ccc1OC. The molecule has 112 valence electrons. The summed E-state index contributed by atoms with van der Waals surface area (Å²) in [6.07, 6.45) is 0.865. The van der Waals surface area contributed by atoms with E-state index in [9.17, 15) is 9.90 Å². The van der Waals surface area contributed by atoms with Gasteiger partial charge in [0.15, 0.2) is 0 Å². The normalized spacial score (nSPS) is 13.4. The highest BCUT2D eigenvalue weighted by Gasteiger charge is 2.21. The summed E-state index contributed by atoms with van der Waals surface area (Å²) in [6, 6.07) is 5.42. The van der Waals surface area contributed by atoms with Crippen LogP contribution in [0.4, 0.5) is 11.4 Å². The highest BCUT2D eigenvalue weighted by Crippen LogP contribution is 2.30. The van der Waals surface area contributed by atoms with E-state index in [2.05, 4.69) is 10.6 Å². The fraction of sp³-hybridized carbons (Fsp3) is 0.533. The van der Waals surface area contributed by atoms with E-state index < -0.39 is 0 Å². The van der Waals surface area contributed by atoms with Gasteiger partial charge in [0.25, 0.3) is 0 Å². The molecule has 0 saturated heterocycles. The van der Waals surface area contributed by atoms with Gasteiger partial charge in [-0.25, -0.2) is 0 Å². The number of nitrogens with one attached hydrogen (secondary N) is 2. The van der Waals surface area contributed by atoms with Gasteiger partial charge < -0.3 is 20.5 Å². The molecule has 3 N–H and O–H groups in total. The van der Waals surface area contributed by atoms with Crippen LogP contribution in [0.5, 0.6) is 5.75 Å². The Labute approximate surface area is 120 Å². The molecule has 1 amide bonds. The first-order chi connectivity index (χ1) is 9.44. The number of hydrogen-bond donors (Lipinski definition) is 3. The second kappa shape index (κ2) is 7.14. The van der Waals surface area contributed by atoms with E-state index in [-0.39, 0.29) is 17.9 Å². The molecule has 5 nitrogen and oxygen atoms in total. The number of benzene rings is 1. The summed E-state index contributed by atoms with van der Waals surface area (Å²) < 4.78 is 5.30. The number of carbonyl (C=O) groups is 1. The number of anilines is 2. The second-order valence-corrected chi connectivity index (χ2v) is 5.27. The van der Waals surface area contributed by atoms with E-state index in [4.69, 9.17) is 4.74 Å². The molecule has 0 aromatic heterocycles. The summed E-state index contributed by atoms with van der Waals surface area (Å²) in [5.74, 6) is 0.588. The van der Waals surface area contributed by atoms with Crippen molar-refractivity contribution in [3.05, 3.63) is 18.2 Å². The summed E-state index contributed by atoms with van der Waals surface area (Å²) >= 11 is 0. The van der Waals surface area contributed by atoms with Crippen LogP contribution in [0.15, 0.2) is 18.2 Å². The highest BCUT2D eigenvalue weighted by molar-refractivity contribution is 5.89. The molecule has 1 aromatic carbocycles. The van der Waals surface area contributed by atoms with Crippen molar-refractivity contribution in [2.45, 2.75) is 27.2 Å². The Balaban J connectivity index is 2.88. The van der Waals surface area contributed by atoms with Gasteiger partial charge in [-0.2, -0.15) is 0 Å².